The summed E-state index contributed by atoms with van der Waals surface area (Å²) in [5, 5.41) is 6.54. The molecule has 2 aromatic rings. The van der Waals surface area contributed by atoms with Crippen LogP contribution in [0.1, 0.15) is 11.1 Å². The lowest BCUT2D eigenvalue weighted by molar-refractivity contribution is -0.137. The summed E-state index contributed by atoms with van der Waals surface area (Å²) >= 11 is 0. The number of hydrogen-bond acceptors (Lipinski definition) is 4. The summed E-state index contributed by atoms with van der Waals surface area (Å²) in [6.45, 7) is 2.21. The van der Waals surface area contributed by atoms with Gasteiger partial charge in [-0.3, -0.25) is 9.69 Å². The minimum atomic E-state index is -4.41. The lowest BCUT2D eigenvalue weighted by Gasteiger charge is -2.16. The first-order valence-corrected chi connectivity index (χ1v) is 9.39. The van der Waals surface area contributed by atoms with E-state index in [4.69, 9.17) is 4.84 Å². The normalized spacial score (nSPS) is 21.4. The zero-order chi connectivity index (χ0) is 20.4. The van der Waals surface area contributed by atoms with Crippen LogP contribution >= 0.6 is 0 Å². The van der Waals surface area contributed by atoms with E-state index in [-0.39, 0.29) is 23.4 Å². The van der Waals surface area contributed by atoms with Crippen molar-refractivity contribution < 1.29 is 22.8 Å². The van der Waals surface area contributed by atoms with E-state index in [1.165, 1.54) is 17.7 Å². The van der Waals surface area contributed by atoms with Gasteiger partial charge in [0, 0.05) is 25.3 Å². The zero-order valence-electron chi connectivity index (χ0n) is 15.5. The largest absolute Gasteiger partial charge is 0.416 e. The number of oxime groups is 1. The van der Waals surface area contributed by atoms with Crippen molar-refractivity contribution >= 4 is 17.3 Å². The van der Waals surface area contributed by atoms with Crippen molar-refractivity contribution in [3.8, 4) is 0 Å². The minimum Gasteiger partial charge on any atom is -0.390 e. The first-order chi connectivity index (χ1) is 13.9. The topological polar surface area (TPSA) is 53.9 Å². The third-order valence-corrected chi connectivity index (χ3v) is 5.24. The molecule has 2 heterocycles. The van der Waals surface area contributed by atoms with Crippen LogP contribution in [-0.2, 0) is 22.2 Å². The molecule has 2 aliphatic rings. The zero-order valence-corrected chi connectivity index (χ0v) is 15.5. The van der Waals surface area contributed by atoms with E-state index in [0.717, 1.165) is 25.1 Å². The van der Waals surface area contributed by atoms with E-state index in [0.29, 0.717) is 13.1 Å². The molecule has 0 aliphatic carbocycles. The van der Waals surface area contributed by atoms with Gasteiger partial charge in [0.25, 0.3) is 5.91 Å². The number of benzene rings is 2. The Morgan fingerprint density at radius 2 is 1.83 bits per heavy atom. The monoisotopic (exact) mass is 403 g/mol. The fourth-order valence-electron chi connectivity index (χ4n) is 3.68. The number of carbonyl (C=O) groups is 1. The van der Waals surface area contributed by atoms with Crippen LogP contribution in [0.15, 0.2) is 59.8 Å². The smallest absolute Gasteiger partial charge is 0.390 e. The van der Waals surface area contributed by atoms with Crippen molar-refractivity contribution in [1.82, 2.24) is 4.90 Å². The SMILES string of the molecule is O=C(Nc1ccc(C(F)(F)F)cc1)C1=NO[C@@H]2CN(CCc3ccccc3)C[C@H]12. The fourth-order valence-corrected chi connectivity index (χ4v) is 3.68. The highest BCUT2D eigenvalue weighted by Gasteiger charge is 2.44. The van der Waals surface area contributed by atoms with Gasteiger partial charge in [0.1, 0.15) is 6.10 Å². The Morgan fingerprint density at radius 1 is 1.10 bits per heavy atom. The number of halogens is 3. The fraction of sp³-hybridized carbons (Fsp3) is 0.333. The second kappa shape index (κ2) is 7.87. The molecule has 8 heteroatoms. The summed E-state index contributed by atoms with van der Waals surface area (Å²) < 4.78 is 38.0. The Labute approximate surface area is 166 Å². The predicted molar refractivity (Wildman–Crippen MR) is 102 cm³/mol. The number of likely N-dealkylation sites (tertiary alicyclic amines) is 1. The second-order valence-electron chi connectivity index (χ2n) is 7.25. The Kier molecular flexibility index (Phi) is 5.27. The molecule has 152 valence electrons. The number of nitrogens with one attached hydrogen (secondary N) is 1. The molecular formula is C21H20F3N3O2. The van der Waals surface area contributed by atoms with Gasteiger partial charge in [-0.2, -0.15) is 13.2 Å². The van der Waals surface area contributed by atoms with Gasteiger partial charge in [-0.15, -0.1) is 0 Å². The van der Waals surface area contributed by atoms with Gasteiger partial charge in [-0.25, -0.2) is 0 Å². The Bertz CT molecular complexity index is 898. The van der Waals surface area contributed by atoms with Crippen LogP contribution in [0.5, 0.6) is 0 Å². The van der Waals surface area contributed by atoms with Gasteiger partial charge in [0.2, 0.25) is 0 Å². The molecule has 5 nitrogen and oxygen atoms in total. The molecule has 29 heavy (non-hydrogen) atoms. The summed E-state index contributed by atoms with van der Waals surface area (Å²) in [5.74, 6) is -0.581. The summed E-state index contributed by atoms with van der Waals surface area (Å²) in [5.41, 5.74) is 1.06. The molecule has 0 spiro atoms. The van der Waals surface area contributed by atoms with E-state index in [9.17, 15) is 18.0 Å². The summed E-state index contributed by atoms with van der Waals surface area (Å²) in [6, 6.07) is 14.5. The minimum absolute atomic E-state index is 0.139. The van der Waals surface area contributed by atoms with Crippen LogP contribution in [0, 0.1) is 5.92 Å². The molecular weight excluding hydrogens is 383 g/mol. The molecule has 1 saturated heterocycles. The van der Waals surface area contributed by atoms with Crippen molar-refractivity contribution in [3.63, 3.8) is 0 Å². The average Bonchev–Trinajstić information content (AvgIpc) is 3.27. The van der Waals surface area contributed by atoms with Crippen molar-refractivity contribution in [1.29, 1.82) is 0 Å². The van der Waals surface area contributed by atoms with Gasteiger partial charge in [0.15, 0.2) is 5.71 Å². The highest BCUT2D eigenvalue weighted by atomic mass is 19.4. The molecule has 2 aliphatic heterocycles. The van der Waals surface area contributed by atoms with Gasteiger partial charge >= 0.3 is 6.18 Å². The molecule has 1 amide bonds. The lowest BCUT2D eigenvalue weighted by atomic mass is 10.0. The summed E-state index contributed by atoms with van der Waals surface area (Å²) in [6.07, 6.45) is -3.67. The van der Waals surface area contributed by atoms with Crippen LogP contribution in [-0.4, -0.2) is 42.3 Å². The van der Waals surface area contributed by atoms with Crippen LogP contribution in [0.25, 0.3) is 0 Å². The Balaban J connectivity index is 1.33. The highest BCUT2D eigenvalue weighted by Crippen LogP contribution is 2.30. The maximum atomic E-state index is 12.7. The first-order valence-electron chi connectivity index (χ1n) is 9.39. The molecule has 1 N–H and O–H groups in total. The summed E-state index contributed by atoms with van der Waals surface area (Å²) in [4.78, 5) is 20.2. The van der Waals surface area contributed by atoms with E-state index in [1.54, 1.807) is 0 Å². The number of amides is 1. The molecule has 0 unspecified atom stereocenters. The van der Waals surface area contributed by atoms with E-state index in [2.05, 4.69) is 27.5 Å². The Hall–Kier alpha value is -2.87. The first kappa shape index (κ1) is 19.4. The maximum absolute atomic E-state index is 12.7. The number of alkyl halides is 3. The average molecular weight is 403 g/mol. The maximum Gasteiger partial charge on any atom is 0.416 e. The number of nitrogens with zero attached hydrogens (tertiary/aromatic N) is 2. The molecule has 1 fully saturated rings. The van der Waals surface area contributed by atoms with E-state index in [1.807, 2.05) is 18.2 Å². The van der Waals surface area contributed by atoms with E-state index >= 15 is 0 Å². The van der Waals surface area contributed by atoms with Gasteiger partial charge in [-0.05, 0) is 36.2 Å². The third kappa shape index (κ3) is 4.42. The Morgan fingerprint density at radius 3 is 2.52 bits per heavy atom. The van der Waals surface area contributed by atoms with Gasteiger partial charge < -0.3 is 10.2 Å². The van der Waals surface area contributed by atoms with Crippen molar-refractivity contribution in [3.05, 3.63) is 65.7 Å². The molecule has 0 bridgehead atoms. The van der Waals surface area contributed by atoms with Crippen molar-refractivity contribution in [2.75, 3.05) is 25.0 Å². The number of fused-ring (bicyclic) bond motifs is 1. The summed E-state index contributed by atoms with van der Waals surface area (Å²) in [7, 11) is 0. The molecule has 0 aromatic heterocycles. The molecule has 4 rings (SSSR count). The quantitative estimate of drug-likeness (QED) is 0.831. The molecule has 0 radical (unpaired) electrons. The molecule has 2 aromatic carbocycles. The van der Waals surface area contributed by atoms with Crippen LogP contribution in [0.2, 0.25) is 0 Å². The lowest BCUT2D eigenvalue weighted by Crippen LogP contribution is -2.32. The number of hydrogen-bond donors (Lipinski definition) is 1. The van der Waals surface area contributed by atoms with Gasteiger partial charge in [-0.1, -0.05) is 35.5 Å². The van der Waals surface area contributed by atoms with E-state index < -0.39 is 17.6 Å². The second-order valence-corrected chi connectivity index (χ2v) is 7.25. The third-order valence-electron chi connectivity index (χ3n) is 5.24. The number of rotatable bonds is 5. The van der Waals surface area contributed by atoms with Crippen molar-refractivity contribution in [2.24, 2.45) is 11.1 Å². The standard InChI is InChI=1S/C21H20F3N3O2/c22-21(23,24)15-6-8-16(9-7-15)25-20(28)19-17-12-27(13-18(17)29-26-19)11-10-14-4-2-1-3-5-14/h1-9,17-18H,10-13H2,(H,25,28)/t17-,18+/m0/s1. The molecule has 0 saturated carbocycles. The molecule has 2 atom stereocenters. The van der Waals surface area contributed by atoms with Crippen LogP contribution in [0.4, 0.5) is 18.9 Å². The predicted octanol–water partition coefficient (Wildman–Crippen LogP) is 3.57. The highest BCUT2D eigenvalue weighted by molar-refractivity contribution is 6.44. The van der Waals surface area contributed by atoms with Gasteiger partial charge in [0.05, 0.1) is 11.5 Å². The van der Waals surface area contributed by atoms with Crippen molar-refractivity contribution in [2.45, 2.75) is 18.7 Å². The van der Waals surface area contributed by atoms with Crippen LogP contribution < -0.4 is 5.32 Å². The number of anilines is 1. The van der Waals surface area contributed by atoms with Crippen LogP contribution in [0.3, 0.4) is 0 Å². The number of carbonyl (C=O) groups excluding carboxylic acids is 1.